The number of fused-ring (bicyclic) bond motifs is 1. The molecule has 0 atom stereocenters. The van der Waals surface area contributed by atoms with E-state index in [2.05, 4.69) is 35.1 Å². The first-order valence-corrected chi connectivity index (χ1v) is 9.82. The van der Waals surface area contributed by atoms with Crippen molar-refractivity contribution >= 4 is 45.9 Å². The Morgan fingerprint density at radius 1 is 1.27 bits per heavy atom. The van der Waals surface area contributed by atoms with Crippen molar-refractivity contribution in [1.29, 1.82) is 0 Å². The van der Waals surface area contributed by atoms with Crippen molar-refractivity contribution in [2.24, 2.45) is 0 Å². The van der Waals surface area contributed by atoms with Crippen molar-refractivity contribution in [1.82, 2.24) is 4.57 Å². The monoisotopic (exact) mass is 388 g/mol. The van der Waals surface area contributed by atoms with Crippen LogP contribution in [0.1, 0.15) is 13.3 Å². The van der Waals surface area contributed by atoms with Gasteiger partial charge < -0.3 is 14.6 Å². The second kappa shape index (κ2) is 8.52. The summed E-state index contributed by atoms with van der Waals surface area (Å²) in [7, 11) is 1.57. The number of aryl methyl sites for hydroxylation is 1. The Balaban J connectivity index is 1.72. The number of methoxy groups -OCH3 is 1. The fraction of sp³-hybridized carbons (Fsp3) is 0.250. The molecule has 4 nitrogen and oxygen atoms in total. The first kappa shape index (κ1) is 18.7. The third-order valence-corrected chi connectivity index (χ3v) is 5.29. The number of benzene rings is 2. The molecule has 0 bridgehead atoms. The number of aromatic nitrogens is 1. The lowest BCUT2D eigenvalue weighted by Gasteiger charge is -2.10. The summed E-state index contributed by atoms with van der Waals surface area (Å²) >= 11 is 7.55. The minimum absolute atomic E-state index is 0.0945. The quantitative estimate of drug-likeness (QED) is 0.548. The van der Waals surface area contributed by atoms with Crippen LogP contribution in [0.5, 0.6) is 5.75 Å². The number of rotatable bonds is 7. The Bertz CT molecular complexity index is 923. The minimum atomic E-state index is -0.0945. The lowest BCUT2D eigenvalue weighted by atomic mass is 10.2. The second-order valence-electron chi connectivity index (χ2n) is 5.89. The normalized spacial score (nSPS) is 10.9. The van der Waals surface area contributed by atoms with Gasteiger partial charge in [0.2, 0.25) is 5.91 Å². The maximum Gasteiger partial charge on any atom is 0.234 e. The molecule has 0 unspecified atom stereocenters. The standard InChI is InChI=1S/C20H21ClN2O2S/c1-3-10-23-12-19(15-6-4-5-7-17(15)23)26-13-20(24)22-16-11-14(21)8-9-18(16)25-2/h4-9,11-12H,3,10,13H2,1-2H3,(H,22,24). The fourth-order valence-electron chi connectivity index (χ4n) is 2.86. The van der Waals surface area contributed by atoms with E-state index >= 15 is 0 Å². The highest BCUT2D eigenvalue weighted by molar-refractivity contribution is 8.00. The molecule has 1 heterocycles. The van der Waals surface area contributed by atoms with Crippen LogP contribution in [-0.2, 0) is 11.3 Å². The van der Waals surface area contributed by atoms with Gasteiger partial charge in [0.1, 0.15) is 5.75 Å². The molecular weight excluding hydrogens is 368 g/mol. The Kier molecular flexibility index (Phi) is 6.12. The number of carbonyl (C=O) groups is 1. The van der Waals surface area contributed by atoms with Gasteiger partial charge in [0.15, 0.2) is 0 Å². The van der Waals surface area contributed by atoms with Crippen molar-refractivity contribution in [3.05, 3.63) is 53.7 Å². The van der Waals surface area contributed by atoms with E-state index in [0.29, 0.717) is 22.2 Å². The molecule has 0 saturated carbocycles. The zero-order valence-electron chi connectivity index (χ0n) is 14.8. The summed E-state index contributed by atoms with van der Waals surface area (Å²) in [5, 5.41) is 4.61. The van der Waals surface area contributed by atoms with Crippen LogP contribution in [0.15, 0.2) is 53.6 Å². The van der Waals surface area contributed by atoms with E-state index in [0.717, 1.165) is 17.9 Å². The van der Waals surface area contributed by atoms with Gasteiger partial charge in [-0.05, 0) is 30.7 Å². The summed E-state index contributed by atoms with van der Waals surface area (Å²) in [5.41, 5.74) is 1.78. The van der Waals surface area contributed by atoms with E-state index in [1.54, 1.807) is 25.3 Å². The number of hydrogen-bond acceptors (Lipinski definition) is 3. The van der Waals surface area contributed by atoms with Gasteiger partial charge in [-0.2, -0.15) is 0 Å². The molecular formula is C20H21ClN2O2S. The summed E-state index contributed by atoms with van der Waals surface area (Å²) in [6.07, 6.45) is 3.20. The fourth-order valence-corrected chi connectivity index (χ4v) is 3.92. The number of hydrogen-bond donors (Lipinski definition) is 1. The maximum atomic E-state index is 12.4. The first-order valence-electron chi connectivity index (χ1n) is 8.46. The molecule has 0 aliphatic carbocycles. The number of para-hydroxylation sites is 1. The molecule has 6 heteroatoms. The van der Waals surface area contributed by atoms with Crippen molar-refractivity contribution in [2.45, 2.75) is 24.8 Å². The van der Waals surface area contributed by atoms with Gasteiger partial charge in [0.05, 0.1) is 18.6 Å². The molecule has 0 radical (unpaired) electrons. The van der Waals surface area contributed by atoms with Gasteiger partial charge in [-0.3, -0.25) is 4.79 Å². The number of anilines is 1. The van der Waals surface area contributed by atoms with E-state index in [1.807, 2.05) is 12.1 Å². The first-order chi connectivity index (χ1) is 12.6. The smallest absolute Gasteiger partial charge is 0.234 e. The van der Waals surface area contributed by atoms with Gasteiger partial charge in [-0.25, -0.2) is 0 Å². The third-order valence-electron chi connectivity index (χ3n) is 4.01. The summed E-state index contributed by atoms with van der Waals surface area (Å²) in [4.78, 5) is 13.5. The Morgan fingerprint density at radius 2 is 2.08 bits per heavy atom. The molecule has 26 heavy (non-hydrogen) atoms. The van der Waals surface area contributed by atoms with Gasteiger partial charge in [0, 0.05) is 33.6 Å². The van der Waals surface area contributed by atoms with Gasteiger partial charge in [0.25, 0.3) is 0 Å². The second-order valence-corrected chi connectivity index (χ2v) is 7.34. The molecule has 0 spiro atoms. The highest BCUT2D eigenvalue weighted by atomic mass is 35.5. The number of carbonyl (C=O) groups excluding carboxylic acids is 1. The Labute approximate surface area is 162 Å². The molecule has 0 aliphatic rings. The lowest BCUT2D eigenvalue weighted by molar-refractivity contribution is -0.113. The zero-order chi connectivity index (χ0) is 18.5. The van der Waals surface area contributed by atoms with Crippen LogP contribution in [0.2, 0.25) is 5.02 Å². The van der Waals surface area contributed by atoms with Crippen LogP contribution in [0, 0.1) is 0 Å². The molecule has 3 aromatic rings. The van der Waals surface area contributed by atoms with E-state index in [-0.39, 0.29) is 5.91 Å². The van der Waals surface area contributed by atoms with Crippen LogP contribution < -0.4 is 10.1 Å². The predicted octanol–water partition coefficient (Wildman–Crippen LogP) is 5.44. The Hall–Kier alpha value is -2.11. The molecule has 0 fully saturated rings. The largest absolute Gasteiger partial charge is 0.495 e. The van der Waals surface area contributed by atoms with Crippen molar-refractivity contribution in [2.75, 3.05) is 18.2 Å². The summed E-state index contributed by atoms with van der Waals surface area (Å²) < 4.78 is 7.51. The number of thioether (sulfide) groups is 1. The number of nitrogens with zero attached hydrogens (tertiary/aromatic N) is 1. The lowest BCUT2D eigenvalue weighted by Crippen LogP contribution is -2.14. The molecule has 1 N–H and O–H groups in total. The molecule has 0 aliphatic heterocycles. The van der Waals surface area contributed by atoms with Gasteiger partial charge >= 0.3 is 0 Å². The Morgan fingerprint density at radius 3 is 2.85 bits per heavy atom. The maximum absolute atomic E-state index is 12.4. The topological polar surface area (TPSA) is 43.3 Å². The molecule has 0 saturated heterocycles. The predicted molar refractivity (Wildman–Crippen MR) is 110 cm³/mol. The molecule has 3 rings (SSSR count). The van der Waals surface area contributed by atoms with Gasteiger partial charge in [-0.15, -0.1) is 11.8 Å². The van der Waals surface area contributed by atoms with Crippen LogP contribution in [0.4, 0.5) is 5.69 Å². The number of halogens is 1. The molecule has 1 amide bonds. The number of amides is 1. The van der Waals surface area contributed by atoms with Crippen LogP contribution >= 0.6 is 23.4 Å². The van der Waals surface area contributed by atoms with E-state index in [4.69, 9.17) is 16.3 Å². The van der Waals surface area contributed by atoms with E-state index in [9.17, 15) is 4.79 Å². The molecule has 1 aromatic heterocycles. The minimum Gasteiger partial charge on any atom is -0.495 e. The summed E-state index contributed by atoms with van der Waals surface area (Å²) in [6.45, 7) is 3.13. The average Bonchev–Trinajstić information content (AvgIpc) is 2.99. The summed E-state index contributed by atoms with van der Waals surface area (Å²) in [5.74, 6) is 0.811. The van der Waals surface area contributed by atoms with Crippen molar-refractivity contribution in [3.8, 4) is 5.75 Å². The van der Waals surface area contributed by atoms with Gasteiger partial charge in [-0.1, -0.05) is 36.7 Å². The number of ether oxygens (including phenoxy) is 1. The third kappa shape index (κ3) is 4.17. The molecule has 136 valence electrons. The van der Waals surface area contributed by atoms with Crippen molar-refractivity contribution in [3.63, 3.8) is 0 Å². The molecule has 2 aromatic carbocycles. The number of nitrogens with one attached hydrogen (secondary N) is 1. The van der Waals surface area contributed by atoms with Crippen LogP contribution in [-0.4, -0.2) is 23.3 Å². The zero-order valence-corrected chi connectivity index (χ0v) is 16.4. The van der Waals surface area contributed by atoms with Crippen LogP contribution in [0.25, 0.3) is 10.9 Å². The highest BCUT2D eigenvalue weighted by Crippen LogP contribution is 2.31. The highest BCUT2D eigenvalue weighted by Gasteiger charge is 2.12. The van der Waals surface area contributed by atoms with Crippen LogP contribution in [0.3, 0.4) is 0 Å². The summed E-state index contributed by atoms with van der Waals surface area (Å²) in [6, 6.07) is 13.4. The van der Waals surface area contributed by atoms with Crippen molar-refractivity contribution < 1.29 is 9.53 Å². The average molecular weight is 389 g/mol. The SMILES string of the molecule is CCCn1cc(SCC(=O)Nc2cc(Cl)ccc2OC)c2ccccc21. The van der Waals surface area contributed by atoms with E-state index < -0.39 is 0 Å². The van der Waals surface area contributed by atoms with E-state index in [1.165, 1.54) is 22.7 Å².